The fourth-order valence-electron chi connectivity index (χ4n) is 1.88. The van der Waals surface area contributed by atoms with Crippen LogP contribution in [0.4, 0.5) is 8.78 Å². The minimum absolute atomic E-state index is 0.0933. The molecule has 1 aromatic carbocycles. The van der Waals surface area contributed by atoms with E-state index in [9.17, 15) is 18.7 Å². The molecule has 2 rings (SSSR count). The highest BCUT2D eigenvalue weighted by Crippen LogP contribution is 2.23. The molecule has 0 saturated carbocycles. The second-order valence-electron chi connectivity index (χ2n) is 4.96. The molecule has 0 aliphatic rings. The standard InChI is InChI=1S/C16H15F2NO3/c1-16(21,13-6-4-11(17)9-14(13)18)10-19-15(20)7-5-12-3-2-8-22-12/h2-9,21H,10H2,1H3,(H,19,20)/b7-5+/t16-/m0/s1. The van der Waals surface area contributed by atoms with E-state index < -0.39 is 23.1 Å². The molecule has 6 heteroatoms. The van der Waals surface area contributed by atoms with Crippen molar-refractivity contribution in [3.05, 3.63) is 65.6 Å². The van der Waals surface area contributed by atoms with Gasteiger partial charge < -0.3 is 14.8 Å². The third-order valence-corrected chi connectivity index (χ3v) is 3.06. The van der Waals surface area contributed by atoms with Crippen molar-refractivity contribution in [1.82, 2.24) is 5.32 Å². The van der Waals surface area contributed by atoms with Crippen molar-refractivity contribution in [2.75, 3.05) is 6.54 Å². The van der Waals surface area contributed by atoms with Crippen LogP contribution in [0.3, 0.4) is 0 Å². The zero-order chi connectivity index (χ0) is 16.2. The average Bonchev–Trinajstić information content (AvgIpc) is 2.96. The van der Waals surface area contributed by atoms with Gasteiger partial charge in [-0.15, -0.1) is 0 Å². The summed E-state index contributed by atoms with van der Waals surface area (Å²) in [5.74, 6) is -1.57. The molecule has 1 heterocycles. The van der Waals surface area contributed by atoms with E-state index in [4.69, 9.17) is 4.42 Å². The largest absolute Gasteiger partial charge is 0.465 e. The highest BCUT2D eigenvalue weighted by molar-refractivity contribution is 5.91. The number of hydrogen-bond donors (Lipinski definition) is 2. The van der Waals surface area contributed by atoms with Gasteiger partial charge in [0.05, 0.1) is 12.8 Å². The number of aliphatic hydroxyl groups is 1. The number of furan rings is 1. The summed E-state index contributed by atoms with van der Waals surface area (Å²) >= 11 is 0. The number of halogens is 2. The third kappa shape index (κ3) is 4.02. The van der Waals surface area contributed by atoms with Crippen LogP contribution in [0.2, 0.25) is 0 Å². The maximum absolute atomic E-state index is 13.7. The number of carbonyl (C=O) groups is 1. The van der Waals surface area contributed by atoms with Crippen LogP contribution in [0.1, 0.15) is 18.2 Å². The van der Waals surface area contributed by atoms with Crippen LogP contribution in [0.5, 0.6) is 0 Å². The predicted molar refractivity (Wildman–Crippen MR) is 76.7 cm³/mol. The second kappa shape index (κ2) is 6.53. The summed E-state index contributed by atoms with van der Waals surface area (Å²) in [5.41, 5.74) is -1.75. The molecule has 22 heavy (non-hydrogen) atoms. The van der Waals surface area contributed by atoms with E-state index >= 15 is 0 Å². The van der Waals surface area contributed by atoms with Crippen molar-refractivity contribution in [1.29, 1.82) is 0 Å². The lowest BCUT2D eigenvalue weighted by atomic mass is 9.95. The van der Waals surface area contributed by atoms with Gasteiger partial charge in [0.1, 0.15) is 23.0 Å². The molecular weight excluding hydrogens is 292 g/mol. The third-order valence-electron chi connectivity index (χ3n) is 3.06. The Labute approximate surface area is 126 Å². The number of amides is 1. The van der Waals surface area contributed by atoms with E-state index in [0.29, 0.717) is 11.8 Å². The molecule has 2 aromatic rings. The first-order valence-corrected chi connectivity index (χ1v) is 6.56. The van der Waals surface area contributed by atoms with Crippen molar-refractivity contribution in [3.8, 4) is 0 Å². The average molecular weight is 307 g/mol. The lowest BCUT2D eigenvalue weighted by molar-refractivity contribution is -0.117. The topological polar surface area (TPSA) is 62.5 Å². The fourth-order valence-corrected chi connectivity index (χ4v) is 1.88. The molecule has 0 saturated heterocycles. The number of rotatable bonds is 5. The Balaban J connectivity index is 1.98. The van der Waals surface area contributed by atoms with Crippen molar-refractivity contribution in [2.24, 2.45) is 0 Å². The molecule has 0 spiro atoms. The van der Waals surface area contributed by atoms with Crippen molar-refractivity contribution >= 4 is 12.0 Å². The van der Waals surface area contributed by atoms with Gasteiger partial charge in [0, 0.05) is 17.7 Å². The summed E-state index contributed by atoms with van der Waals surface area (Å²) in [6.07, 6.45) is 4.16. The smallest absolute Gasteiger partial charge is 0.244 e. The summed E-state index contributed by atoms with van der Waals surface area (Å²) in [5, 5.41) is 12.7. The van der Waals surface area contributed by atoms with Gasteiger partial charge in [-0.25, -0.2) is 8.78 Å². The Kier molecular flexibility index (Phi) is 4.72. The van der Waals surface area contributed by atoms with Crippen LogP contribution in [-0.2, 0) is 10.4 Å². The number of hydrogen-bond acceptors (Lipinski definition) is 3. The van der Waals surface area contributed by atoms with Crippen LogP contribution in [0.25, 0.3) is 6.08 Å². The molecule has 0 fully saturated rings. The first-order valence-electron chi connectivity index (χ1n) is 6.56. The summed E-state index contributed by atoms with van der Waals surface area (Å²) < 4.78 is 31.6. The molecule has 0 bridgehead atoms. The van der Waals surface area contributed by atoms with E-state index in [0.717, 1.165) is 12.1 Å². The Bertz CT molecular complexity index is 679. The quantitative estimate of drug-likeness (QED) is 0.835. The lowest BCUT2D eigenvalue weighted by Gasteiger charge is -2.24. The van der Waals surface area contributed by atoms with E-state index in [1.807, 2.05) is 0 Å². The minimum atomic E-state index is -1.66. The molecule has 0 unspecified atom stereocenters. The Morgan fingerprint density at radius 3 is 2.82 bits per heavy atom. The van der Waals surface area contributed by atoms with Crippen LogP contribution in [0.15, 0.2) is 47.1 Å². The number of nitrogens with one attached hydrogen (secondary N) is 1. The second-order valence-corrected chi connectivity index (χ2v) is 4.96. The van der Waals surface area contributed by atoms with E-state index in [2.05, 4.69) is 5.32 Å². The Hall–Kier alpha value is -2.47. The molecule has 116 valence electrons. The first kappa shape index (κ1) is 15.9. The van der Waals surface area contributed by atoms with Gasteiger partial charge in [-0.1, -0.05) is 6.07 Å². The SMILES string of the molecule is C[C@](O)(CNC(=O)/C=C/c1ccco1)c1ccc(F)cc1F. The maximum Gasteiger partial charge on any atom is 0.244 e. The van der Waals surface area contributed by atoms with Crippen molar-refractivity contribution < 1.29 is 23.1 Å². The molecule has 0 aliphatic heterocycles. The van der Waals surface area contributed by atoms with Gasteiger partial charge in [0.2, 0.25) is 5.91 Å². The summed E-state index contributed by atoms with van der Waals surface area (Å²) in [7, 11) is 0. The zero-order valence-electron chi connectivity index (χ0n) is 11.8. The molecule has 1 aromatic heterocycles. The van der Waals surface area contributed by atoms with Crippen LogP contribution >= 0.6 is 0 Å². The van der Waals surface area contributed by atoms with Crippen LogP contribution in [0, 0.1) is 11.6 Å². The maximum atomic E-state index is 13.7. The highest BCUT2D eigenvalue weighted by atomic mass is 19.1. The van der Waals surface area contributed by atoms with E-state index in [1.165, 1.54) is 25.3 Å². The van der Waals surface area contributed by atoms with Crippen LogP contribution in [-0.4, -0.2) is 17.6 Å². The predicted octanol–water partition coefficient (Wildman–Crippen LogP) is 2.59. The summed E-state index contributed by atoms with van der Waals surface area (Å²) in [6, 6.07) is 6.23. The Morgan fingerprint density at radius 1 is 1.41 bits per heavy atom. The minimum Gasteiger partial charge on any atom is -0.465 e. The molecular formula is C16H15F2NO3. The lowest BCUT2D eigenvalue weighted by Crippen LogP contribution is -2.38. The molecule has 0 aliphatic carbocycles. The summed E-state index contributed by atoms with van der Waals surface area (Å²) in [4.78, 5) is 11.7. The normalized spacial score (nSPS) is 14.0. The number of carbonyl (C=O) groups excluding carboxylic acids is 1. The van der Waals surface area contributed by atoms with Gasteiger partial charge in [0.25, 0.3) is 0 Å². The summed E-state index contributed by atoms with van der Waals surface area (Å²) in [6.45, 7) is 1.11. The molecule has 1 atom stereocenters. The highest BCUT2D eigenvalue weighted by Gasteiger charge is 2.27. The van der Waals surface area contributed by atoms with E-state index in [-0.39, 0.29) is 12.1 Å². The van der Waals surface area contributed by atoms with Crippen molar-refractivity contribution in [3.63, 3.8) is 0 Å². The van der Waals surface area contributed by atoms with E-state index in [1.54, 1.807) is 12.1 Å². The zero-order valence-corrected chi connectivity index (χ0v) is 11.8. The molecule has 1 amide bonds. The van der Waals surface area contributed by atoms with Gasteiger partial charge in [-0.05, 0) is 31.2 Å². The van der Waals surface area contributed by atoms with Gasteiger partial charge in [-0.2, -0.15) is 0 Å². The molecule has 2 N–H and O–H groups in total. The Morgan fingerprint density at radius 2 is 2.18 bits per heavy atom. The van der Waals surface area contributed by atoms with Gasteiger partial charge in [-0.3, -0.25) is 4.79 Å². The van der Waals surface area contributed by atoms with Gasteiger partial charge in [0.15, 0.2) is 0 Å². The molecule has 4 nitrogen and oxygen atoms in total. The molecule has 0 radical (unpaired) electrons. The van der Waals surface area contributed by atoms with Gasteiger partial charge >= 0.3 is 0 Å². The monoisotopic (exact) mass is 307 g/mol. The number of benzene rings is 1. The first-order chi connectivity index (χ1) is 10.4. The van der Waals surface area contributed by atoms with Crippen molar-refractivity contribution in [2.45, 2.75) is 12.5 Å². The van der Waals surface area contributed by atoms with Crippen LogP contribution < -0.4 is 5.32 Å². The fraction of sp³-hybridized carbons (Fsp3) is 0.188.